The largest absolute Gasteiger partial charge is 0.362 e. The monoisotopic (exact) mass is 288 g/mol. The smallest absolute Gasteiger partial charge is 0.152 e. The molecule has 1 heterocycles. The van der Waals surface area contributed by atoms with Gasteiger partial charge in [-0.1, -0.05) is 25.2 Å². The summed E-state index contributed by atoms with van der Waals surface area (Å²) in [5.74, 6) is 1.07. The van der Waals surface area contributed by atoms with Crippen LogP contribution in [0, 0.1) is 17.3 Å². The normalized spacial score (nSPS) is 42.8. The summed E-state index contributed by atoms with van der Waals surface area (Å²) < 4.78 is 5.93. The molecule has 21 heavy (non-hydrogen) atoms. The second kappa shape index (κ2) is 5.57. The van der Waals surface area contributed by atoms with Crippen molar-refractivity contribution >= 4 is 5.78 Å². The highest BCUT2D eigenvalue weighted by atomic mass is 16.6. The minimum atomic E-state index is -0.109. The Morgan fingerprint density at radius 3 is 2.52 bits per heavy atom. The number of ketones is 1. The zero-order valence-corrected chi connectivity index (χ0v) is 13.8. The predicted octanol–water partition coefficient (Wildman–Crippen LogP) is 4.47. The average molecular weight is 288 g/mol. The average Bonchev–Trinajstić information content (AvgIpc) is 3.08. The summed E-state index contributed by atoms with van der Waals surface area (Å²) in [4.78, 5) is 11.1. The molecule has 1 saturated carbocycles. The maximum absolute atomic E-state index is 11.1. The van der Waals surface area contributed by atoms with E-state index < -0.39 is 0 Å². The topological polar surface area (TPSA) is 29.6 Å². The zero-order valence-electron chi connectivity index (χ0n) is 13.8. The van der Waals surface area contributed by atoms with Crippen molar-refractivity contribution in [3.8, 4) is 0 Å². The highest BCUT2D eigenvalue weighted by molar-refractivity contribution is 5.87. The molecule has 0 N–H and O–H groups in total. The third kappa shape index (κ3) is 3.06. The van der Waals surface area contributed by atoms with Gasteiger partial charge in [-0.3, -0.25) is 4.79 Å². The van der Waals surface area contributed by atoms with Gasteiger partial charge in [0.25, 0.3) is 0 Å². The van der Waals surface area contributed by atoms with Crippen LogP contribution in [0.2, 0.25) is 0 Å². The Labute approximate surface area is 129 Å². The summed E-state index contributed by atoms with van der Waals surface area (Å²) in [5, 5.41) is 0. The van der Waals surface area contributed by atoms with Gasteiger partial charge in [0.2, 0.25) is 0 Å². The molecular weight excluding hydrogens is 260 g/mol. The molecule has 2 rings (SSSR count). The van der Waals surface area contributed by atoms with Gasteiger partial charge in [-0.25, -0.2) is 0 Å². The Morgan fingerprint density at radius 1 is 1.33 bits per heavy atom. The van der Waals surface area contributed by atoms with Crippen molar-refractivity contribution in [2.24, 2.45) is 17.3 Å². The van der Waals surface area contributed by atoms with Crippen LogP contribution in [0.4, 0.5) is 0 Å². The van der Waals surface area contributed by atoms with Gasteiger partial charge in [0.1, 0.15) is 6.10 Å². The van der Waals surface area contributed by atoms with Gasteiger partial charge in [-0.15, -0.1) is 6.58 Å². The number of rotatable bonds is 5. The second-order valence-corrected chi connectivity index (χ2v) is 7.27. The molecule has 0 bridgehead atoms. The number of allylic oxidation sites excluding steroid dienone is 3. The summed E-state index contributed by atoms with van der Waals surface area (Å²) in [6, 6.07) is 0. The number of ether oxygens (including phenoxy) is 1. The fraction of sp³-hybridized carbons (Fsp3) is 0.632. The van der Waals surface area contributed by atoms with E-state index in [1.807, 2.05) is 6.08 Å². The SMILES string of the molecule is C=C[C@@]1(C)CC[C@H]([C@]2(C)O[C@@H]2/C=C/C(C)=O)C[C@@H]1C(=C)C. The second-order valence-electron chi connectivity index (χ2n) is 7.27. The first kappa shape index (κ1) is 16.2. The lowest BCUT2D eigenvalue weighted by Crippen LogP contribution is -2.38. The third-order valence-electron chi connectivity index (χ3n) is 5.61. The van der Waals surface area contributed by atoms with Crippen molar-refractivity contribution in [2.75, 3.05) is 0 Å². The number of carbonyl (C=O) groups is 1. The first-order valence-electron chi connectivity index (χ1n) is 7.88. The number of hydrogen-bond donors (Lipinski definition) is 0. The van der Waals surface area contributed by atoms with Crippen molar-refractivity contribution < 1.29 is 9.53 Å². The number of hydrogen-bond acceptors (Lipinski definition) is 2. The minimum Gasteiger partial charge on any atom is -0.362 e. The van der Waals surface area contributed by atoms with Gasteiger partial charge in [0, 0.05) is 0 Å². The Balaban J connectivity index is 2.09. The Kier molecular flexibility index (Phi) is 4.30. The molecule has 2 heteroatoms. The van der Waals surface area contributed by atoms with E-state index in [9.17, 15) is 4.79 Å². The third-order valence-corrected chi connectivity index (χ3v) is 5.61. The van der Waals surface area contributed by atoms with Crippen molar-refractivity contribution in [3.05, 3.63) is 37.0 Å². The van der Waals surface area contributed by atoms with Gasteiger partial charge in [-0.05, 0) is 69.4 Å². The van der Waals surface area contributed by atoms with Crippen LogP contribution in [-0.4, -0.2) is 17.5 Å². The molecule has 0 aromatic rings. The van der Waals surface area contributed by atoms with Gasteiger partial charge < -0.3 is 4.74 Å². The highest BCUT2D eigenvalue weighted by Crippen LogP contribution is 2.55. The lowest BCUT2D eigenvalue weighted by Gasteiger charge is -2.44. The van der Waals surface area contributed by atoms with Gasteiger partial charge in [0.15, 0.2) is 5.78 Å². The molecule has 0 amide bonds. The van der Waals surface area contributed by atoms with E-state index in [4.69, 9.17) is 4.74 Å². The molecule has 0 spiro atoms. The van der Waals surface area contributed by atoms with Crippen LogP contribution >= 0.6 is 0 Å². The Morgan fingerprint density at radius 2 is 2.00 bits per heavy atom. The van der Waals surface area contributed by atoms with Crippen molar-refractivity contribution in [3.63, 3.8) is 0 Å². The quantitative estimate of drug-likeness (QED) is 0.424. The Bertz CT molecular complexity index is 490. The number of epoxide rings is 1. The van der Waals surface area contributed by atoms with Gasteiger partial charge in [0.05, 0.1) is 5.60 Å². The summed E-state index contributed by atoms with van der Waals surface area (Å²) >= 11 is 0. The molecular formula is C19H28O2. The fourth-order valence-electron chi connectivity index (χ4n) is 3.88. The van der Waals surface area contributed by atoms with Crippen LogP contribution in [0.5, 0.6) is 0 Å². The van der Waals surface area contributed by atoms with Gasteiger partial charge in [-0.2, -0.15) is 0 Å². The van der Waals surface area contributed by atoms with E-state index in [1.54, 1.807) is 13.0 Å². The molecule has 2 aliphatic rings. The molecule has 0 unspecified atom stereocenters. The molecule has 1 saturated heterocycles. The maximum Gasteiger partial charge on any atom is 0.152 e. The van der Waals surface area contributed by atoms with Crippen LogP contribution in [0.25, 0.3) is 0 Å². The van der Waals surface area contributed by atoms with E-state index in [0.29, 0.717) is 11.8 Å². The molecule has 116 valence electrons. The van der Waals surface area contributed by atoms with E-state index in [0.717, 1.165) is 19.3 Å². The van der Waals surface area contributed by atoms with Crippen LogP contribution in [-0.2, 0) is 9.53 Å². The maximum atomic E-state index is 11.1. The van der Waals surface area contributed by atoms with Crippen LogP contribution < -0.4 is 0 Å². The van der Waals surface area contributed by atoms with E-state index in [1.165, 1.54) is 5.57 Å². The van der Waals surface area contributed by atoms with E-state index in [-0.39, 0.29) is 22.9 Å². The van der Waals surface area contributed by atoms with E-state index >= 15 is 0 Å². The summed E-state index contributed by atoms with van der Waals surface area (Å²) in [5.41, 5.74) is 1.28. The molecule has 5 atom stereocenters. The van der Waals surface area contributed by atoms with Crippen LogP contribution in [0.1, 0.15) is 47.0 Å². The van der Waals surface area contributed by atoms with Crippen molar-refractivity contribution in [2.45, 2.75) is 58.7 Å². The molecule has 1 aliphatic heterocycles. The van der Waals surface area contributed by atoms with Gasteiger partial charge >= 0.3 is 0 Å². The number of carbonyl (C=O) groups excluding carboxylic acids is 1. The summed E-state index contributed by atoms with van der Waals surface area (Å²) in [6.07, 6.45) is 9.10. The summed E-state index contributed by atoms with van der Waals surface area (Å²) in [7, 11) is 0. The van der Waals surface area contributed by atoms with Crippen LogP contribution in [0.3, 0.4) is 0 Å². The molecule has 0 aromatic carbocycles. The lowest BCUT2D eigenvalue weighted by atomic mass is 9.60. The lowest BCUT2D eigenvalue weighted by molar-refractivity contribution is -0.112. The van der Waals surface area contributed by atoms with Crippen LogP contribution in [0.15, 0.2) is 37.0 Å². The first-order chi connectivity index (χ1) is 9.73. The first-order valence-corrected chi connectivity index (χ1v) is 7.88. The molecule has 0 aromatic heterocycles. The highest BCUT2D eigenvalue weighted by Gasteiger charge is 2.58. The molecule has 1 aliphatic carbocycles. The summed E-state index contributed by atoms with van der Waals surface area (Å²) in [6.45, 7) is 16.4. The molecule has 2 nitrogen and oxygen atoms in total. The van der Waals surface area contributed by atoms with E-state index in [2.05, 4.69) is 40.0 Å². The molecule has 0 radical (unpaired) electrons. The minimum absolute atomic E-state index is 0.0792. The standard InChI is InChI=1S/C19H28O2/c1-7-18(5)11-10-15(12-16(18)13(2)3)19(6)17(21-19)9-8-14(4)20/h7-9,15-17H,1-2,10-12H2,3-6H3/b9-8+/t15-,16+,17+,18-,19-/m0/s1. The predicted molar refractivity (Wildman–Crippen MR) is 87.0 cm³/mol. The molecule has 2 fully saturated rings. The fourth-order valence-corrected chi connectivity index (χ4v) is 3.88. The Hall–Kier alpha value is -1.15. The van der Waals surface area contributed by atoms with Crippen molar-refractivity contribution in [1.82, 2.24) is 0 Å². The van der Waals surface area contributed by atoms with Crippen molar-refractivity contribution in [1.29, 1.82) is 0 Å². The zero-order chi connectivity index (χ0) is 15.8.